The van der Waals surface area contributed by atoms with Crippen LogP contribution in [0.4, 0.5) is 13.2 Å². The van der Waals surface area contributed by atoms with Gasteiger partial charge in [0, 0.05) is 29.9 Å². The number of fused-ring (bicyclic) bond motifs is 1. The maximum Gasteiger partial charge on any atom is 0.490 e. The van der Waals surface area contributed by atoms with E-state index in [1.165, 1.54) is 16.7 Å². The molecular weight excluding hydrogens is 597 g/mol. The Morgan fingerprint density at radius 1 is 0.935 bits per heavy atom. The number of halogens is 3. The van der Waals surface area contributed by atoms with Crippen molar-refractivity contribution in [2.45, 2.75) is 64.3 Å². The first-order valence-corrected chi connectivity index (χ1v) is 14.9. The summed E-state index contributed by atoms with van der Waals surface area (Å²) < 4.78 is 33.9. The summed E-state index contributed by atoms with van der Waals surface area (Å²) in [6.45, 7) is 4.48. The molecule has 5 rings (SSSR count). The molecule has 0 aliphatic rings. The third-order valence-corrected chi connectivity index (χ3v) is 7.49. The molecule has 0 bridgehead atoms. The lowest BCUT2D eigenvalue weighted by atomic mass is 10.0. The number of hydrogen-bond acceptors (Lipinski definition) is 5. The molecule has 2 aromatic heterocycles. The Bertz CT molecular complexity index is 1730. The van der Waals surface area contributed by atoms with E-state index in [4.69, 9.17) is 15.6 Å². The van der Waals surface area contributed by atoms with Gasteiger partial charge < -0.3 is 25.7 Å². The quantitative estimate of drug-likeness (QED) is 0.151. The molecule has 5 N–H and O–H groups in total. The van der Waals surface area contributed by atoms with Crippen molar-refractivity contribution < 1.29 is 27.9 Å². The number of carboxylic acids is 1. The Morgan fingerprint density at radius 2 is 1.57 bits per heavy atom. The number of aryl methyl sites for hydroxylation is 3. The maximum atomic E-state index is 12.9. The zero-order chi connectivity index (χ0) is 33.3. The van der Waals surface area contributed by atoms with Gasteiger partial charge in [0.15, 0.2) is 5.82 Å². The van der Waals surface area contributed by atoms with Crippen molar-refractivity contribution in [2.24, 2.45) is 5.73 Å². The monoisotopic (exact) mass is 634 g/mol. The fraction of sp³-hybridized carbons (Fsp3) is 0.294. The van der Waals surface area contributed by atoms with Crippen LogP contribution in [0, 0.1) is 0 Å². The maximum absolute atomic E-state index is 12.9. The Balaban J connectivity index is 0.000000617. The molecule has 9 nitrogen and oxygen atoms in total. The number of para-hydroxylation sites is 1. The van der Waals surface area contributed by atoms with Crippen LogP contribution in [0.25, 0.3) is 10.9 Å². The number of nitrogens with two attached hydrogens (primary N) is 1. The largest absolute Gasteiger partial charge is 0.490 e. The molecule has 0 radical (unpaired) electrons. The Kier molecular flexibility index (Phi) is 11.3. The summed E-state index contributed by atoms with van der Waals surface area (Å²) in [4.78, 5) is 25.1. The van der Waals surface area contributed by atoms with Crippen molar-refractivity contribution in [3.63, 3.8) is 0 Å². The van der Waals surface area contributed by atoms with Crippen LogP contribution in [0.15, 0.2) is 85.1 Å². The smallest absolute Gasteiger partial charge is 0.475 e. The van der Waals surface area contributed by atoms with Gasteiger partial charge in [0.2, 0.25) is 5.91 Å². The van der Waals surface area contributed by atoms with Gasteiger partial charge in [-0.2, -0.15) is 13.2 Å². The van der Waals surface area contributed by atoms with Gasteiger partial charge in [0.1, 0.15) is 5.82 Å². The minimum absolute atomic E-state index is 0.215. The molecule has 0 aliphatic carbocycles. The van der Waals surface area contributed by atoms with Crippen LogP contribution < -0.4 is 11.1 Å². The van der Waals surface area contributed by atoms with Crippen molar-refractivity contribution in [1.82, 2.24) is 25.1 Å². The fourth-order valence-corrected chi connectivity index (χ4v) is 4.96. The number of carbonyl (C=O) groups is 2. The Hall–Kier alpha value is -4.97. The molecule has 0 saturated heterocycles. The predicted molar refractivity (Wildman–Crippen MR) is 169 cm³/mol. The number of carbonyl (C=O) groups excluding carboxylic acids is 1. The number of benzene rings is 3. The highest BCUT2D eigenvalue weighted by Gasteiger charge is 2.38. The normalized spacial score (nSPS) is 12.7. The molecule has 5 aromatic rings. The van der Waals surface area contributed by atoms with Crippen LogP contribution in [-0.4, -0.2) is 48.9 Å². The third-order valence-electron chi connectivity index (χ3n) is 7.49. The van der Waals surface area contributed by atoms with Crippen molar-refractivity contribution in [1.29, 1.82) is 0 Å². The van der Waals surface area contributed by atoms with E-state index >= 15 is 0 Å². The Labute approximate surface area is 264 Å². The fourth-order valence-electron chi connectivity index (χ4n) is 4.96. The number of aliphatic carboxylic acids is 1. The van der Waals surface area contributed by atoms with Crippen LogP contribution in [0.2, 0.25) is 0 Å². The molecule has 3 aromatic carbocycles. The molecule has 2 heterocycles. The number of nitrogens with one attached hydrogen (secondary N) is 2. The minimum atomic E-state index is -5.08. The summed E-state index contributed by atoms with van der Waals surface area (Å²) >= 11 is 0. The second-order valence-corrected chi connectivity index (χ2v) is 10.9. The number of aromatic nitrogens is 4. The highest BCUT2D eigenvalue weighted by Crippen LogP contribution is 2.26. The van der Waals surface area contributed by atoms with Crippen molar-refractivity contribution in [3.8, 4) is 0 Å². The third kappa shape index (κ3) is 9.04. The average molecular weight is 635 g/mol. The van der Waals surface area contributed by atoms with Crippen LogP contribution in [0.5, 0.6) is 0 Å². The van der Waals surface area contributed by atoms with Crippen LogP contribution in [-0.2, 0) is 41.8 Å². The van der Waals surface area contributed by atoms with E-state index in [9.17, 15) is 18.0 Å². The lowest BCUT2D eigenvalue weighted by Crippen LogP contribution is -2.41. The zero-order valence-electron chi connectivity index (χ0n) is 25.6. The lowest BCUT2D eigenvalue weighted by Gasteiger charge is -2.21. The molecule has 0 saturated carbocycles. The van der Waals surface area contributed by atoms with Gasteiger partial charge >= 0.3 is 12.1 Å². The lowest BCUT2D eigenvalue weighted by molar-refractivity contribution is -0.192. The first-order valence-electron chi connectivity index (χ1n) is 14.9. The number of rotatable bonds is 11. The topological polar surface area (TPSA) is 139 Å². The van der Waals surface area contributed by atoms with Crippen LogP contribution in [0.3, 0.4) is 0 Å². The van der Waals surface area contributed by atoms with E-state index in [0.717, 1.165) is 47.4 Å². The molecule has 242 valence electrons. The van der Waals surface area contributed by atoms with Gasteiger partial charge in [-0.15, -0.1) is 10.2 Å². The number of H-pyrrole nitrogens is 1. The van der Waals surface area contributed by atoms with Crippen LogP contribution >= 0.6 is 0 Å². The summed E-state index contributed by atoms with van der Waals surface area (Å²) in [5.41, 5.74) is 11.9. The van der Waals surface area contributed by atoms with E-state index in [2.05, 4.69) is 92.7 Å². The molecule has 1 amide bonds. The molecule has 0 fully saturated rings. The molecule has 2 atom stereocenters. The summed E-state index contributed by atoms with van der Waals surface area (Å²) in [5, 5.41) is 20.7. The number of nitrogens with zero attached hydrogens (tertiary/aromatic N) is 3. The van der Waals surface area contributed by atoms with E-state index < -0.39 is 24.2 Å². The second-order valence-electron chi connectivity index (χ2n) is 10.9. The van der Waals surface area contributed by atoms with Crippen molar-refractivity contribution in [3.05, 3.63) is 119 Å². The predicted octanol–water partition coefficient (Wildman–Crippen LogP) is 5.54. The average Bonchev–Trinajstić information content (AvgIpc) is 3.64. The summed E-state index contributed by atoms with van der Waals surface area (Å²) in [6, 6.07) is 26.2. The molecule has 12 heteroatoms. The molecule has 0 unspecified atom stereocenters. The summed E-state index contributed by atoms with van der Waals surface area (Å²) in [5.74, 6) is -1.34. The number of carboxylic acid groups (broad SMARTS) is 1. The molecule has 0 spiro atoms. The number of aromatic amines is 1. The first-order chi connectivity index (χ1) is 22.0. The number of alkyl halides is 3. The number of amides is 1. The van der Waals surface area contributed by atoms with Gasteiger partial charge in [-0.3, -0.25) is 4.79 Å². The SMILES string of the molecule is CCc1ccc(Cn2c(CCc3ccccc3)nnc2[C@@H](Cc2c[nH]c3ccccc23)NC(=O)[C@H](C)N)cc1.O=C(O)C(F)(F)F. The summed E-state index contributed by atoms with van der Waals surface area (Å²) in [6.07, 6.45) is 0.0822. The van der Waals surface area contributed by atoms with E-state index in [0.29, 0.717) is 13.0 Å². The highest BCUT2D eigenvalue weighted by molar-refractivity contribution is 5.84. The van der Waals surface area contributed by atoms with Crippen molar-refractivity contribution >= 4 is 22.8 Å². The standard InChI is InChI=1S/C32H36N6O.C2HF3O2/c1-3-23-13-15-25(16-14-23)21-38-30(18-17-24-9-5-4-6-10-24)36-37-31(38)29(35-32(39)22(2)33)19-26-20-34-28-12-8-7-11-27(26)28;3-2(4,5)1(6)7/h4-16,20,22,29,34H,3,17-19,21,33H2,1-2H3,(H,35,39);(H,6,7)/t22-,29+;/m0./s1. The molecule has 46 heavy (non-hydrogen) atoms. The second kappa shape index (κ2) is 15.3. The van der Waals surface area contributed by atoms with E-state index in [1.807, 2.05) is 24.4 Å². The van der Waals surface area contributed by atoms with Gasteiger partial charge in [-0.05, 0) is 48.1 Å². The van der Waals surface area contributed by atoms with Gasteiger partial charge in [0.05, 0.1) is 18.6 Å². The summed E-state index contributed by atoms with van der Waals surface area (Å²) in [7, 11) is 0. The van der Waals surface area contributed by atoms with Gasteiger partial charge in [-0.25, -0.2) is 4.79 Å². The highest BCUT2D eigenvalue weighted by atomic mass is 19.4. The van der Waals surface area contributed by atoms with Gasteiger partial charge in [0.25, 0.3) is 0 Å². The van der Waals surface area contributed by atoms with E-state index in [1.54, 1.807) is 6.92 Å². The Morgan fingerprint density at radius 3 is 2.20 bits per heavy atom. The molecular formula is C34H37F3N6O3. The van der Waals surface area contributed by atoms with Crippen molar-refractivity contribution in [2.75, 3.05) is 0 Å². The minimum Gasteiger partial charge on any atom is -0.475 e. The first kappa shape index (κ1) is 33.9. The number of hydrogen-bond donors (Lipinski definition) is 4. The van der Waals surface area contributed by atoms with E-state index in [-0.39, 0.29) is 5.91 Å². The van der Waals surface area contributed by atoms with Crippen LogP contribution in [0.1, 0.15) is 53.8 Å². The van der Waals surface area contributed by atoms with Gasteiger partial charge in [-0.1, -0.05) is 79.7 Å². The zero-order valence-corrected chi connectivity index (χ0v) is 25.6. The molecule has 0 aliphatic heterocycles.